The van der Waals surface area contributed by atoms with Crippen LogP contribution in [0.2, 0.25) is 0 Å². The number of amides is 1. The van der Waals surface area contributed by atoms with Crippen LogP contribution in [0.3, 0.4) is 0 Å². The maximum Gasteiger partial charge on any atom is 0.253 e. The molecule has 1 aliphatic carbocycles. The minimum absolute atomic E-state index is 0.0186. The Labute approximate surface area is 153 Å². The van der Waals surface area contributed by atoms with Gasteiger partial charge in [-0.25, -0.2) is 0 Å². The number of aromatic nitrogens is 3. The van der Waals surface area contributed by atoms with Crippen LogP contribution in [0.1, 0.15) is 81.4 Å². The summed E-state index contributed by atoms with van der Waals surface area (Å²) >= 11 is 0. The predicted octanol–water partition coefficient (Wildman–Crippen LogP) is 3.57. The van der Waals surface area contributed by atoms with Crippen LogP contribution in [0, 0.1) is 0 Å². The number of nitrogens with one attached hydrogen (secondary N) is 1. The Balaban J connectivity index is 1.82. The predicted molar refractivity (Wildman–Crippen MR) is 96.0 cm³/mol. The van der Waals surface area contributed by atoms with Crippen molar-refractivity contribution in [3.05, 3.63) is 35.7 Å². The van der Waals surface area contributed by atoms with Crippen molar-refractivity contribution in [2.24, 2.45) is 0 Å². The highest BCUT2D eigenvalue weighted by Crippen LogP contribution is 2.38. The highest BCUT2D eigenvalue weighted by atomic mass is 16.5. The number of pyridine rings is 1. The molecule has 0 aromatic carbocycles. The molecule has 3 rings (SSSR count). The van der Waals surface area contributed by atoms with E-state index < -0.39 is 5.54 Å². The normalized spacial score (nSPS) is 16.2. The van der Waals surface area contributed by atoms with Gasteiger partial charge in [-0.1, -0.05) is 31.8 Å². The molecule has 0 aliphatic heterocycles. The number of nitrogens with zero attached hydrogens (tertiary/aromatic N) is 3. The second-order valence-corrected chi connectivity index (χ2v) is 7.43. The van der Waals surface area contributed by atoms with E-state index >= 15 is 0 Å². The molecule has 0 atom stereocenters. The van der Waals surface area contributed by atoms with E-state index in [0.29, 0.717) is 23.0 Å². The molecule has 1 fully saturated rings. The number of rotatable bonds is 6. The van der Waals surface area contributed by atoms with Crippen molar-refractivity contribution in [3.63, 3.8) is 0 Å². The van der Waals surface area contributed by atoms with Gasteiger partial charge in [-0.05, 0) is 32.8 Å². The summed E-state index contributed by atoms with van der Waals surface area (Å²) in [6, 6.07) is 1.71. The van der Waals surface area contributed by atoms with E-state index in [1.807, 2.05) is 27.7 Å². The van der Waals surface area contributed by atoms with Crippen LogP contribution >= 0.6 is 0 Å². The van der Waals surface area contributed by atoms with E-state index in [0.717, 1.165) is 25.7 Å². The van der Waals surface area contributed by atoms with Gasteiger partial charge in [-0.2, -0.15) is 4.98 Å². The lowest BCUT2D eigenvalue weighted by Gasteiger charge is -2.26. The van der Waals surface area contributed by atoms with Crippen LogP contribution in [-0.4, -0.2) is 27.1 Å². The summed E-state index contributed by atoms with van der Waals surface area (Å²) in [5, 5.41) is 7.29. The van der Waals surface area contributed by atoms with Gasteiger partial charge in [0.15, 0.2) is 5.82 Å². The van der Waals surface area contributed by atoms with Crippen molar-refractivity contribution in [2.45, 2.75) is 70.9 Å². The standard InChI is InChI=1S/C19H26N4O3/c1-12(2)17-21-18(23-26-17)19(7-5-6-8-19)22-16(24)14-9-15(11-20-10-14)25-13(3)4/h9-13H,5-8H2,1-4H3,(H,22,24). The van der Waals surface area contributed by atoms with Gasteiger partial charge in [0.05, 0.1) is 17.9 Å². The maximum atomic E-state index is 12.9. The number of hydrogen-bond acceptors (Lipinski definition) is 6. The minimum Gasteiger partial charge on any atom is -0.489 e. The van der Waals surface area contributed by atoms with Crippen LogP contribution < -0.4 is 10.1 Å². The van der Waals surface area contributed by atoms with Crippen LogP contribution in [0.15, 0.2) is 23.0 Å². The lowest BCUT2D eigenvalue weighted by molar-refractivity contribution is 0.0890. The molecular formula is C19H26N4O3. The first kappa shape index (κ1) is 18.4. The molecule has 0 saturated heterocycles. The minimum atomic E-state index is -0.581. The van der Waals surface area contributed by atoms with E-state index in [9.17, 15) is 4.79 Å². The van der Waals surface area contributed by atoms with Crippen LogP contribution in [0.5, 0.6) is 5.75 Å². The van der Waals surface area contributed by atoms with E-state index in [-0.39, 0.29) is 17.9 Å². The molecule has 140 valence electrons. The average Bonchev–Trinajstić information content (AvgIpc) is 3.24. The zero-order valence-corrected chi connectivity index (χ0v) is 15.8. The highest BCUT2D eigenvalue weighted by molar-refractivity contribution is 5.94. The lowest BCUT2D eigenvalue weighted by atomic mass is 9.96. The van der Waals surface area contributed by atoms with Gasteiger partial charge in [-0.15, -0.1) is 0 Å². The number of ether oxygens (including phenoxy) is 1. The van der Waals surface area contributed by atoms with E-state index in [2.05, 4.69) is 20.4 Å². The molecule has 7 nitrogen and oxygen atoms in total. The van der Waals surface area contributed by atoms with Gasteiger partial charge in [0.1, 0.15) is 11.3 Å². The average molecular weight is 358 g/mol. The molecule has 2 heterocycles. The van der Waals surface area contributed by atoms with Gasteiger partial charge < -0.3 is 14.6 Å². The van der Waals surface area contributed by atoms with Gasteiger partial charge in [0, 0.05) is 12.1 Å². The topological polar surface area (TPSA) is 90.1 Å². The van der Waals surface area contributed by atoms with E-state index in [1.54, 1.807) is 18.5 Å². The Morgan fingerprint density at radius 3 is 2.58 bits per heavy atom. The molecule has 1 amide bonds. The Bertz CT molecular complexity index is 764. The largest absolute Gasteiger partial charge is 0.489 e. The zero-order chi connectivity index (χ0) is 18.7. The van der Waals surface area contributed by atoms with Crippen molar-refractivity contribution < 1.29 is 14.1 Å². The third kappa shape index (κ3) is 3.86. The summed E-state index contributed by atoms with van der Waals surface area (Å²) in [6.07, 6.45) is 6.79. The first-order valence-electron chi connectivity index (χ1n) is 9.18. The van der Waals surface area contributed by atoms with Crippen molar-refractivity contribution in [1.29, 1.82) is 0 Å². The fourth-order valence-electron chi connectivity index (χ4n) is 3.22. The smallest absolute Gasteiger partial charge is 0.253 e. The third-order valence-electron chi connectivity index (χ3n) is 4.52. The SMILES string of the molecule is CC(C)Oc1cncc(C(=O)NC2(c3noc(C(C)C)n3)CCCC2)c1. The summed E-state index contributed by atoms with van der Waals surface area (Å²) in [6.45, 7) is 7.87. The Hall–Kier alpha value is -2.44. The molecule has 26 heavy (non-hydrogen) atoms. The molecule has 0 unspecified atom stereocenters. The quantitative estimate of drug-likeness (QED) is 0.849. The Morgan fingerprint density at radius 2 is 1.96 bits per heavy atom. The first-order valence-corrected chi connectivity index (χ1v) is 9.18. The van der Waals surface area contributed by atoms with Crippen LogP contribution in [0.25, 0.3) is 0 Å². The molecular weight excluding hydrogens is 332 g/mol. The molecule has 7 heteroatoms. The monoisotopic (exact) mass is 358 g/mol. The molecule has 1 saturated carbocycles. The summed E-state index contributed by atoms with van der Waals surface area (Å²) in [4.78, 5) is 21.5. The van der Waals surface area contributed by atoms with E-state index in [4.69, 9.17) is 9.26 Å². The second kappa shape index (κ2) is 7.43. The van der Waals surface area contributed by atoms with Gasteiger partial charge in [-0.3, -0.25) is 9.78 Å². The molecule has 0 bridgehead atoms. The number of hydrogen-bond donors (Lipinski definition) is 1. The van der Waals surface area contributed by atoms with Crippen LogP contribution in [-0.2, 0) is 5.54 Å². The first-order chi connectivity index (χ1) is 12.4. The molecule has 1 aliphatic rings. The number of carbonyl (C=O) groups is 1. The molecule has 1 N–H and O–H groups in total. The van der Waals surface area contributed by atoms with Gasteiger partial charge in [0.25, 0.3) is 5.91 Å². The fourth-order valence-corrected chi connectivity index (χ4v) is 3.22. The van der Waals surface area contributed by atoms with Gasteiger partial charge >= 0.3 is 0 Å². The number of carbonyl (C=O) groups excluding carboxylic acids is 1. The third-order valence-corrected chi connectivity index (χ3v) is 4.52. The summed E-state index contributed by atoms with van der Waals surface area (Å²) in [7, 11) is 0. The van der Waals surface area contributed by atoms with Crippen molar-refractivity contribution in [3.8, 4) is 5.75 Å². The second-order valence-electron chi connectivity index (χ2n) is 7.43. The maximum absolute atomic E-state index is 12.9. The Morgan fingerprint density at radius 1 is 1.23 bits per heavy atom. The summed E-state index contributed by atoms with van der Waals surface area (Å²) < 4.78 is 11.0. The summed E-state index contributed by atoms with van der Waals surface area (Å²) in [5.41, 5.74) is -0.121. The van der Waals surface area contributed by atoms with Crippen molar-refractivity contribution in [2.75, 3.05) is 0 Å². The fraction of sp³-hybridized carbons (Fsp3) is 0.579. The van der Waals surface area contributed by atoms with Gasteiger partial charge in [0.2, 0.25) is 5.89 Å². The van der Waals surface area contributed by atoms with E-state index in [1.165, 1.54) is 0 Å². The molecule has 2 aromatic heterocycles. The lowest BCUT2D eigenvalue weighted by Crippen LogP contribution is -2.44. The molecule has 2 aromatic rings. The molecule has 0 spiro atoms. The Kier molecular flexibility index (Phi) is 5.25. The van der Waals surface area contributed by atoms with Crippen molar-refractivity contribution >= 4 is 5.91 Å². The van der Waals surface area contributed by atoms with Crippen LogP contribution in [0.4, 0.5) is 0 Å². The zero-order valence-electron chi connectivity index (χ0n) is 15.8. The summed E-state index contributed by atoms with van der Waals surface area (Å²) in [5.74, 6) is 1.68. The molecule has 0 radical (unpaired) electrons. The van der Waals surface area contributed by atoms with Crippen molar-refractivity contribution in [1.82, 2.24) is 20.4 Å². The highest BCUT2D eigenvalue weighted by Gasteiger charge is 2.41.